The fourth-order valence-corrected chi connectivity index (χ4v) is 2.85. The van der Waals surface area contributed by atoms with Crippen molar-refractivity contribution in [2.45, 2.75) is 38.3 Å². The summed E-state index contributed by atoms with van der Waals surface area (Å²) in [4.78, 5) is 25.2. The van der Waals surface area contributed by atoms with E-state index in [2.05, 4.69) is 5.32 Å². The van der Waals surface area contributed by atoms with Gasteiger partial charge in [0.15, 0.2) is 0 Å². The summed E-state index contributed by atoms with van der Waals surface area (Å²) in [7, 11) is 0. The van der Waals surface area contributed by atoms with Gasteiger partial charge in [-0.15, -0.1) is 0 Å². The Kier molecular flexibility index (Phi) is 3.82. The average molecular weight is 288 g/mol. The van der Waals surface area contributed by atoms with Crippen molar-refractivity contribution in [2.24, 2.45) is 5.92 Å². The second kappa shape index (κ2) is 5.76. The smallest absolute Gasteiger partial charge is 0.326 e. The van der Waals surface area contributed by atoms with Crippen LogP contribution >= 0.6 is 0 Å². The van der Waals surface area contributed by atoms with Gasteiger partial charge in [0, 0.05) is 19.5 Å². The number of nitrogens with one attached hydrogen (secondary N) is 1. The number of hydrogen-bond donors (Lipinski definition) is 2. The number of carbonyl (C=O) groups excluding carboxylic acids is 1. The molecule has 5 nitrogen and oxygen atoms in total. The summed E-state index contributed by atoms with van der Waals surface area (Å²) in [5.74, 6) is -0.190. The Morgan fingerprint density at radius 3 is 2.62 bits per heavy atom. The lowest BCUT2D eigenvalue weighted by atomic mass is 9.94. The number of fused-ring (bicyclic) bond motifs is 1. The van der Waals surface area contributed by atoms with Crippen molar-refractivity contribution < 1.29 is 14.7 Å². The molecule has 3 rings (SSSR count). The van der Waals surface area contributed by atoms with Crippen LogP contribution in [0.5, 0.6) is 0 Å². The first kappa shape index (κ1) is 13.9. The van der Waals surface area contributed by atoms with Crippen molar-refractivity contribution in [3.05, 3.63) is 35.4 Å². The van der Waals surface area contributed by atoms with Crippen molar-refractivity contribution >= 4 is 12.0 Å². The highest BCUT2D eigenvalue weighted by atomic mass is 16.4. The number of carboxylic acids is 1. The normalized spacial score (nSPS) is 20.8. The summed E-state index contributed by atoms with van der Waals surface area (Å²) in [6, 6.07) is 6.68. The van der Waals surface area contributed by atoms with E-state index in [0.29, 0.717) is 19.5 Å². The Balaban J connectivity index is 1.68. The molecule has 0 bridgehead atoms. The summed E-state index contributed by atoms with van der Waals surface area (Å²) in [6.45, 7) is 0.996. The van der Waals surface area contributed by atoms with Crippen LogP contribution in [-0.2, 0) is 17.8 Å². The van der Waals surface area contributed by atoms with Crippen molar-refractivity contribution in [3.63, 3.8) is 0 Å². The van der Waals surface area contributed by atoms with Gasteiger partial charge in [0.05, 0.1) is 0 Å². The number of carboxylic acid groups (broad SMARTS) is 1. The SMILES string of the molecule is O=C(O)[C@H]1Cc2ccccc2CN1C(=O)NCCC1CC1. The van der Waals surface area contributed by atoms with E-state index in [-0.39, 0.29) is 6.03 Å². The van der Waals surface area contributed by atoms with Crippen molar-refractivity contribution in [3.8, 4) is 0 Å². The van der Waals surface area contributed by atoms with E-state index in [9.17, 15) is 14.7 Å². The Hall–Kier alpha value is -2.04. The number of rotatable bonds is 4. The van der Waals surface area contributed by atoms with Crippen molar-refractivity contribution in [2.75, 3.05) is 6.54 Å². The molecule has 1 aromatic rings. The Morgan fingerprint density at radius 1 is 1.24 bits per heavy atom. The number of aliphatic carboxylic acids is 1. The van der Waals surface area contributed by atoms with E-state index >= 15 is 0 Å². The van der Waals surface area contributed by atoms with Crippen molar-refractivity contribution in [1.29, 1.82) is 0 Å². The van der Waals surface area contributed by atoms with E-state index in [1.807, 2.05) is 24.3 Å². The lowest BCUT2D eigenvalue weighted by Crippen LogP contribution is -2.52. The van der Waals surface area contributed by atoms with Crippen LogP contribution in [-0.4, -0.2) is 34.6 Å². The molecule has 2 N–H and O–H groups in total. The van der Waals surface area contributed by atoms with Crippen LogP contribution in [0.3, 0.4) is 0 Å². The third kappa shape index (κ3) is 3.17. The van der Waals surface area contributed by atoms with Crippen LogP contribution < -0.4 is 5.32 Å². The maximum absolute atomic E-state index is 12.3. The maximum Gasteiger partial charge on any atom is 0.326 e. The monoisotopic (exact) mass is 288 g/mol. The molecule has 1 saturated carbocycles. The van der Waals surface area contributed by atoms with E-state index in [1.54, 1.807) is 0 Å². The van der Waals surface area contributed by atoms with E-state index in [0.717, 1.165) is 23.5 Å². The third-order valence-electron chi connectivity index (χ3n) is 4.32. The Labute approximate surface area is 123 Å². The molecule has 0 saturated heterocycles. The van der Waals surface area contributed by atoms with Gasteiger partial charge in [0.25, 0.3) is 0 Å². The van der Waals surface area contributed by atoms with Crippen LogP contribution in [0.2, 0.25) is 0 Å². The van der Waals surface area contributed by atoms with Crippen LogP contribution in [0.1, 0.15) is 30.4 Å². The first-order valence-corrected chi connectivity index (χ1v) is 7.49. The standard InChI is InChI=1S/C16H20N2O3/c19-15(20)14-9-12-3-1-2-4-13(12)10-18(14)16(21)17-8-7-11-5-6-11/h1-4,11,14H,5-10H2,(H,17,21)(H,19,20)/t14-/m1/s1. The predicted octanol–water partition coefficient (Wildman–Crippen LogP) is 2.01. The molecular formula is C16H20N2O3. The lowest BCUT2D eigenvalue weighted by Gasteiger charge is -2.34. The molecule has 1 fully saturated rings. The number of nitrogens with zero attached hydrogens (tertiary/aromatic N) is 1. The second-order valence-corrected chi connectivity index (χ2v) is 5.92. The maximum atomic E-state index is 12.3. The quantitative estimate of drug-likeness (QED) is 0.890. The second-order valence-electron chi connectivity index (χ2n) is 5.92. The van der Waals surface area contributed by atoms with Gasteiger partial charge >= 0.3 is 12.0 Å². The summed E-state index contributed by atoms with van der Waals surface area (Å²) in [5, 5.41) is 12.2. The first-order chi connectivity index (χ1) is 10.1. The molecule has 1 aromatic carbocycles. The molecule has 0 spiro atoms. The molecule has 1 heterocycles. The van der Waals surface area contributed by atoms with E-state index < -0.39 is 12.0 Å². The van der Waals surface area contributed by atoms with E-state index in [4.69, 9.17) is 0 Å². The van der Waals surface area contributed by atoms with Gasteiger partial charge < -0.3 is 15.3 Å². The summed E-state index contributed by atoms with van der Waals surface area (Å²) in [6.07, 6.45) is 3.88. The number of benzene rings is 1. The van der Waals surface area contributed by atoms with Gasteiger partial charge in [0.2, 0.25) is 0 Å². The molecular weight excluding hydrogens is 268 g/mol. The molecule has 0 radical (unpaired) electrons. The van der Waals surface area contributed by atoms with Crippen LogP contribution in [0, 0.1) is 5.92 Å². The molecule has 1 aliphatic heterocycles. The zero-order valence-corrected chi connectivity index (χ0v) is 11.9. The predicted molar refractivity (Wildman–Crippen MR) is 77.9 cm³/mol. The number of carbonyl (C=O) groups is 2. The number of hydrogen-bond acceptors (Lipinski definition) is 2. The zero-order valence-electron chi connectivity index (χ0n) is 11.9. The van der Waals surface area contributed by atoms with Gasteiger partial charge in [0.1, 0.15) is 6.04 Å². The Morgan fingerprint density at radius 2 is 1.95 bits per heavy atom. The van der Waals surface area contributed by atoms with Crippen LogP contribution in [0.25, 0.3) is 0 Å². The Bertz CT molecular complexity index is 554. The number of urea groups is 1. The summed E-state index contributed by atoms with van der Waals surface area (Å²) >= 11 is 0. The minimum Gasteiger partial charge on any atom is -0.480 e. The minimum atomic E-state index is -0.943. The fourth-order valence-electron chi connectivity index (χ4n) is 2.85. The molecule has 5 heteroatoms. The van der Waals surface area contributed by atoms with Gasteiger partial charge in [-0.1, -0.05) is 37.1 Å². The van der Waals surface area contributed by atoms with Gasteiger partial charge in [-0.25, -0.2) is 9.59 Å². The molecule has 0 aromatic heterocycles. The topological polar surface area (TPSA) is 69.6 Å². The first-order valence-electron chi connectivity index (χ1n) is 7.49. The molecule has 1 atom stereocenters. The van der Waals surface area contributed by atoms with Gasteiger partial charge in [-0.2, -0.15) is 0 Å². The highest BCUT2D eigenvalue weighted by Gasteiger charge is 2.34. The molecule has 2 amide bonds. The van der Waals surface area contributed by atoms with Crippen molar-refractivity contribution in [1.82, 2.24) is 10.2 Å². The summed E-state index contributed by atoms with van der Waals surface area (Å²) in [5.41, 5.74) is 2.05. The number of amides is 2. The third-order valence-corrected chi connectivity index (χ3v) is 4.32. The van der Waals surface area contributed by atoms with Gasteiger partial charge in [-0.05, 0) is 23.5 Å². The highest BCUT2D eigenvalue weighted by Crippen LogP contribution is 2.31. The fraction of sp³-hybridized carbons (Fsp3) is 0.500. The van der Waals surface area contributed by atoms with Crippen LogP contribution in [0.15, 0.2) is 24.3 Å². The van der Waals surface area contributed by atoms with Crippen LogP contribution in [0.4, 0.5) is 4.79 Å². The van der Waals surface area contributed by atoms with Gasteiger partial charge in [-0.3, -0.25) is 0 Å². The molecule has 112 valence electrons. The summed E-state index contributed by atoms with van der Waals surface area (Å²) < 4.78 is 0. The molecule has 2 aliphatic rings. The average Bonchev–Trinajstić information content (AvgIpc) is 3.30. The highest BCUT2D eigenvalue weighted by molar-refractivity contribution is 5.83. The van der Waals surface area contributed by atoms with E-state index in [1.165, 1.54) is 17.7 Å². The lowest BCUT2D eigenvalue weighted by molar-refractivity contribution is -0.142. The molecule has 0 unspecified atom stereocenters. The minimum absolute atomic E-state index is 0.266. The zero-order chi connectivity index (χ0) is 14.8. The molecule has 1 aliphatic carbocycles. The molecule has 21 heavy (non-hydrogen) atoms. The largest absolute Gasteiger partial charge is 0.480 e.